The van der Waals surface area contributed by atoms with Crippen LogP contribution in [0, 0.1) is 0 Å². The first-order valence-corrected chi connectivity index (χ1v) is 16.6. The SMILES string of the molecule is F[P-](F)(F)(F)(F)F.F[P-](F)(F)(F)(F)F.[Ru+2].c1cnc(-c2cnccn2)cn1.c1cnc(-c2cnccn2)cn1.c1cnc(-c2cnccn2)cn1. The first kappa shape index (κ1) is 44.1. The fourth-order valence-electron chi connectivity index (χ4n) is 2.59. The van der Waals surface area contributed by atoms with Crippen LogP contribution in [-0.2, 0) is 19.5 Å². The summed E-state index contributed by atoms with van der Waals surface area (Å²) in [5, 5.41) is 0. The van der Waals surface area contributed by atoms with Crippen molar-refractivity contribution in [3.63, 3.8) is 0 Å². The second-order valence-corrected chi connectivity index (χ2v) is 12.3. The van der Waals surface area contributed by atoms with E-state index in [2.05, 4.69) is 59.8 Å². The number of aromatic nitrogens is 12. The van der Waals surface area contributed by atoms with Gasteiger partial charge in [-0.05, 0) is 0 Å². The van der Waals surface area contributed by atoms with Gasteiger partial charge in [-0.25, -0.2) is 0 Å². The molecular weight excluding hydrogens is 847 g/mol. The van der Waals surface area contributed by atoms with Gasteiger partial charge < -0.3 is 0 Å². The molecule has 0 atom stereocenters. The van der Waals surface area contributed by atoms with Crippen LogP contribution >= 0.6 is 15.6 Å². The largest absolute Gasteiger partial charge is 2.00 e. The van der Waals surface area contributed by atoms with E-state index < -0.39 is 15.6 Å². The van der Waals surface area contributed by atoms with Crippen LogP contribution in [0.4, 0.5) is 50.4 Å². The molecule has 276 valence electrons. The van der Waals surface area contributed by atoms with E-state index >= 15 is 0 Å². The van der Waals surface area contributed by atoms with Crippen molar-refractivity contribution in [3.05, 3.63) is 112 Å². The molecule has 0 saturated carbocycles. The van der Waals surface area contributed by atoms with Crippen molar-refractivity contribution in [1.29, 1.82) is 0 Å². The molecule has 0 saturated heterocycles. The number of nitrogens with zero attached hydrogens (tertiary/aromatic N) is 12. The second kappa shape index (κ2) is 16.4. The molecule has 27 heteroatoms. The molecule has 0 amide bonds. The molecule has 0 unspecified atom stereocenters. The summed E-state index contributed by atoms with van der Waals surface area (Å²) in [7, 11) is -21.3. The molecule has 0 aliphatic heterocycles. The Balaban J connectivity index is 0.000000325. The van der Waals surface area contributed by atoms with Crippen LogP contribution in [0.5, 0.6) is 0 Å². The van der Waals surface area contributed by atoms with Gasteiger partial charge >= 0.3 is 85.5 Å². The predicted octanol–water partition coefficient (Wildman–Crippen LogP) is 9.56. The fourth-order valence-corrected chi connectivity index (χ4v) is 2.59. The first-order chi connectivity index (χ1) is 22.8. The zero-order valence-electron chi connectivity index (χ0n) is 24.5. The molecule has 51 heavy (non-hydrogen) atoms. The third kappa shape index (κ3) is 27.6. The van der Waals surface area contributed by atoms with E-state index in [-0.39, 0.29) is 19.5 Å². The van der Waals surface area contributed by atoms with Crippen molar-refractivity contribution >= 4 is 15.6 Å². The molecule has 0 aliphatic rings. The molecule has 0 radical (unpaired) electrons. The van der Waals surface area contributed by atoms with E-state index in [9.17, 15) is 50.4 Å². The zero-order valence-corrected chi connectivity index (χ0v) is 28.1. The third-order valence-electron chi connectivity index (χ3n) is 4.17. The van der Waals surface area contributed by atoms with Crippen molar-refractivity contribution in [1.82, 2.24) is 59.8 Å². The molecule has 0 bridgehead atoms. The van der Waals surface area contributed by atoms with Crippen molar-refractivity contribution in [3.8, 4) is 34.2 Å². The molecule has 6 aromatic heterocycles. The summed E-state index contributed by atoms with van der Waals surface area (Å²) >= 11 is 0. The van der Waals surface area contributed by atoms with E-state index in [1.807, 2.05) is 0 Å². The smallest absolute Gasteiger partial charge is 0.261 e. The van der Waals surface area contributed by atoms with Gasteiger partial charge in [0.2, 0.25) is 0 Å². The van der Waals surface area contributed by atoms with Crippen molar-refractivity contribution in [2.75, 3.05) is 0 Å². The van der Waals surface area contributed by atoms with E-state index in [4.69, 9.17) is 0 Å². The van der Waals surface area contributed by atoms with Crippen LogP contribution in [0.2, 0.25) is 0 Å². The Hall–Kier alpha value is -4.88. The summed E-state index contributed by atoms with van der Waals surface area (Å²) in [6.45, 7) is 0. The van der Waals surface area contributed by atoms with Crippen LogP contribution in [0.15, 0.2) is 112 Å². The molecule has 6 heterocycles. The van der Waals surface area contributed by atoms with Crippen molar-refractivity contribution in [2.24, 2.45) is 0 Å². The Bertz CT molecular complexity index is 1520. The summed E-state index contributed by atoms with van der Waals surface area (Å²) in [5.74, 6) is 0. The van der Waals surface area contributed by atoms with Gasteiger partial charge in [0.15, 0.2) is 0 Å². The number of halogens is 12. The molecule has 0 aliphatic carbocycles. The van der Waals surface area contributed by atoms with Crippen molar-refractivity contribution in [2.45, 2.75) is 0 Å². The normalized spacial score (nSPS) is 13.2. The molecule has 0 aromatic carbocycles. The second-order valence-electron chi connectivity index (χ2n) is 8.46. The van der Waals surface area contributed by atoms with Crippen LogP contribution in [0.3, 0.4) is 0 Å². The molecule has 0 N–H and O–H groups in total. The predicted molar refractivity (Wildman–Crippen MR) is 156 cm³/mol. The summed E-state index contributed by atoms with van der Waals surface area (Å²) in [4.78, 5) is 48.1. The van der Waals surface area contributed by atoms with E-state index in [1.165, 1.54) is 0 Å². The number of hydrogen-bond acceptors (Lipinski definition) is 12. The first-order valence-electron chi connectivity index (χ1n) is 12.5. The Kier molecular flexibility index (Phi) is 14.2. The molecule has 0 fully saturated rings. The van der Waals surface area contributed by atoms with Crippen LogP contribution < -0.4 is 0 Å². The van der Waals surface area contributed by atoms with Gasteiger partial charge in [-0.3, -0.25) is 59.8 Å². The average molecular weight is 865 g/mol. The van der Waals surface area contributed by atoms with Crippen LogP contribution in [-0.4, -0.2) is 59.8 Å². The molecule has 6 rings (SSSR count). The van der Waals surface area contributed by atoms with Gasteiger partial charge in [0, 0.05) is 74.4 Å². The van der Waals surface area contributed by atoms with E-state index in [1.54, 1.807) is 112 Å². The average Bonchev–Trinajstić information content (AvgIpc) is 3.05. The van der Waals surface area contributed by atoms with Gasteiger partial charge in [0.1, 0.15) is 34.2 Å². The van der Waals surface area contributed by atoms with Crippen molar-refractivity contribution < 1.29 is 69.8 Å². The Morgan fingerprint density at radius 3 is 0.451 bits per heavy atom. The topological polar surface area (TPSA) is 155 Å². The molecular formula is C24H18F12N12P2Ru. The minimum atomic E-state index is -10.7. The minimum Gasteiger partial charge on any atom is -0.261 e. The zero-order chi connectivity index (χ0) is 37.5. The number of rotatable bonds is 3. The maximum absolute atomic E-state index is 10.7. The molecule has 6 aromatic rings. The summed E-state index contributed by atoms with van der Waals surface area (Å²) in [6, 6.07) is 0. The van der Waals surface area contributed by atoms with Gasteiger partial charge in [0.05, 0.1) is 37.2 Å². The molecule has 0 spiro atoms. The fraction of sp³-hybridized carbons (Fsp3) is 0. The number of hydrogen-bond donors (Lipinski definition) is 0. The van der Waals surface area contributed by atoms with Gasteiger partial charge in [-0.15, -0.1) is 0 Å². The Morgan fingerprint density at radius 1 is 0.255 bits per heavy atom. The molecule has 12 nitrogen and oxygen atoms in total. The standard InChI is InChI=1S/3C8H6N4.2F6P.Ru/c3*1-3-11-7(5-9-1)8-6-10-2-4-12-8;2*1-7(2,3,4,5)6;/h3*1-6H;;;/q;;;2*-1;+2. The van der Waals surface area contributed by atoms with Crippen LogP contribution in [0.25, 0.3) is 34.2 Å². The van der Waals surface area contributed by atoms with Gasteiger partial charge in [0.25, 0.3) is 0 Å². The Labute approximate surface area is 290 Å². The maximum Gasteiger partial charge on any atom is 2.00 e. The minimum absolute atomic E-state index is 0. The monoisotopic (exact) mass is 866 g/mol. The summed E-state index contributed by atoms with van der Waals surface area (Å²) in [6.07, 6.45) is 29.5. The summed E-state index contributed by atoms with van der Waals surface area (Å²) < 4.78 is 118. The van der Waals surface area contributed by atoms with E-state index in [0.717, 1.165) is 34.2 Å². The maximum atomic E-state index is 9.87. The third-order valence-corrected chi connectivity index (χ3v) is 4.17. The summed E-state index contributed by atoms with van der Waals surface area (Å²) in [5.41, 5.74) is 4.45. The van der Waals surface area contributed by atoms with Gasteiger partial charge in [-0.2, -0.15) is 0 Å². The Morgan fingerprint density at radius 2 is 0.373 bits per heavy atom. The van der Waals surface area contributed by atoms with E-state index in [0.29, 0.717) is 0 Å². The van der Waals surface area contributed by atoms with Crippen LogP contribution in [0.1, 0.15) is 0 Å². The quantitative estimate of drug-likeness (QED) is 0.0945. The van der Waals surface area contributed by atoms with Gasteiger partial charge in [-0.1, -0.05) is 0 Å².